The van der Waals surface area contributed by atoms with E-state index in [1.165, 1.54) is 0 Å². The molecule has 1 aliphatic rings. The van der Waals surface area contributed by atoms with Crippen LogP contribution in [0.4, 0.5) is 0 Å². The number of methoxy groups -OCH3 is 2. The molecule has 1 atom stereocenters. The van der Waals surface area contributed by atoms with Gasteiger partial charge in [-0.2, -0.15) is 0 Å². The van der Waals surface area contributed by atoms with Crippen molar-refractivity contribution >= 4 is 5.91 Å². The van der Waals surface area contributed by atoms with Crippen molar-refractivity contribution in [3.8, 4) is 17.5 Å². The third-order valence-electron chi connectivity index (χ3n) is 4.12. The van der Waals surface area contributed by atoms with Gasteiger partial charge in [-0.25, -0.2) is 9.97 Å². The molecule has 132 valence electrons. The van der Waals surface area contributed by atoms with Crippen molar-refractivity contribution in [2.45, 2.75) is 18.9 Å². The zero-order chi connectivity index (χ0) is 17.6. The molecule has 1 fully saturated rings. The fraction of sp³-hybridized carbons (Fsp3) is 0.389. The molecule has 1 aliphatic heterocycles. The molecular formula is C18H21N3O4. The van der Waals surface area contributed by atoms with Crippen LogP contribution in [0.2, 0.25) is 0 Å². The number of hydrogen-bond donors (Lipinski definition) is 0. The summed E-state index contributed by atoms with van der Waals surface area (Å²) in [6.45, 7) is 1.22. The molecular weight excluding hydrogens is 322 g/mol. The standard InChI is InChI=1S/C18H21N3O4/c1-23-15-5-4-13(10-16(15)24-2)11-17(22)21-9-6-14(12-21)25-18-19-7-3-8-20-18/h3-5,7-8,10,14H,6,9,11-12H2,1-2H3/t14-/m1/s1. The lowest BCUT2D eigenvalue weighted by atomic mass is 10.1. The fourth-order valence-corrected chi connectivity index (χ4v) is 2.82. The first-order chi connectivity index (χ1) is 12.2. The van der Waals surface area contributed by atoms with Gasteiger partial charge in [0.05, 0.1) is 27.2 Å². The van der Waals surface area contributed by atoms with E-state index >= 15 is 0 Å². The van der Waals surface area contributed by atoms with Crippen LogP contribution in [0.15, 0.2) is 36.7 Å². The maximum atomic E-state index is 12.5. The quantitative estimate of drug-likeness (QED) is 0.795. The van der Waals surface area contributed by atoms with E-state index in [0.29, 0.717) is 37.0 Å². The van der Waals surface area contributed by atoms with Gasteiger partial charge in [-0.3, -0.25) is 4.79 Å². The minimum atomic E-state index is -0.0725. The summed E-state index contributed by atoms with van der Waals surface area (Å²) in [4.78, 5) is 22.4. The van der Waals surface area contributed by atoms with Crippen LogP contribution < -0.4 is 14.2 Å². The van der Waals surface area contributed by atoms with Gasteiger partial charge in [-0.05, 0) is 23.8 Å². The number of amides is 1. The summed E-state index contributed by atoms with van der Waals surface area (Å²) in [5.74, 6) is 1.33. The molecule has 7 heteroatoms. The summed E-state index contributed by atoms with van der Waals surface area (Å²) >= 11 is 0. The van der Waals surface area contributed by atoms with Gasteiger partial charge in [0.2, 0.25) is 5.91 Å². The van der Waals surface area contributed by atoms with Crippen LogP contribution in [-0.2, 0) is 11.2 Å². The number of rotatable bonds is 6. The van der Waals surface area contributed by atoms with E-state index in [9.17, 15) is 4.79 Å². The number of carbonyl (C=O) groups excluding carboxylic acids is 1. The SMILES string of the molecule is COc1ccc(CC(=O)N2CC[C@@H](Oc3ncccn3)C2)cc1OC. The lowest BCUT2D eigenvalue weighted by Gasteiger charge is -2.17. The molecule has 0 spiro atoms. The number of benzene rings is 1. The van der Waals surface area contributed by atoms with Gasteiger partial charge >= 0.3 is 6.01 Å². The van der Waals surface area contributed by atoms with Gasteiger partial charge in [-0.15, -0.1) is 0 Å². The lowest BCUT2D eigenvalue weighted by molar-refractivity contribution is -0.129. The second kappa shape index (κ2) is 7.83. The molecule has 1 aromatic carbocycles. The Balaban J connectivity index is 1.57. The summed E-state index contributed by atoms with van der Waals surface area (Å²) in [6, 6.07) is 7.60. The zero-order valence-electron chi connectivity index (χ0n) is 14.3. The fourth-order valence-electron chi connectivity index (χ4n) is 2.82. The van der Waals surface area contributed by atoms with E-state index in [-0.39, 0.29) is 12.0 Å². The van der Waals surface area contributed by atoms with Crippen molar-refractivity contribution in [2.75, 3.05) is 27.3 Å². The van der Waals surface area contributed by atoms with Crippen LogP contribution in [0.25, 0.3) is 0 Å². The Labute approximate surface area is 146 Å². The van der Waals surface area contributed by atoms with Crippen molar-refractivity contribution in [2.24, 2.45) is 0 Å². The Bertz CT molecular complexity index is 724. The number of nitrogens with zero attached hydrogens (tertiary/aromatic N) is 3. The Kier molecular flexibility index (Phi) is 5.33. The second-order valence-electron chi connectivity index (χ2n) is 5.77. The molecule has 2 aromatic rings. The predicted octanol–water partition coefficient (Wildman–Crippen LogP) is 1.72. The normalized spacial score (nSPS) is 16.6. The van der Waals surface area contributed by atoms with Crippen molar-refractivity contribution in [1.29, 1.82) is 0 Å². The summed E-state index contributed by atoms with van der Waals surface area (Å²) < 4.78 is 16.2. The van der Waals surface area contributed by atoms with Crippen LogP contribution in [0.1, 0.15) is 12.0 Å². The molecule has 7 nitrogen and oxygen atoms in total. The first-order valence-electron chi connectivity index (χ1n) is 8.12. The topological polar surface area (TPSA) is 73.8 Å². The summed E-state index contributed by atoms with van der Waals surface area (Å²) in [5, 5.41) is 0. The third-order valence-corrected chi connectivity index (χ3v) is 4.12. The van der Waals surface area contributed by atoms with Crippen LogP contribution in [0.3, 0.4) is 0 Å². The van der Waals surface area contributed by atoms with Crippen molar-refractivity contribution in [3.63, 3.8) is 0 Å². The number of likely N-dealkylation sites (tertiary alicyclic amines) is 1. The molecule has 0 N–H and O–H groups in total. The van der Waals surface area contributed by atoms with Crippen molar-refractivity contribution in [1.82, 2.24) is 14.9 Å². The molecule has 0 unspecified atom stereocenters. The van der Waals surface area contributed by atoms with Gasteiger partial charge in [0.15, 0.2) is 11.5 Å². The van der Waals surface area contributed by atoms with E-state index in [2.05, 4.69) is 9.97 Å². The highest BCUT2D eigenvalue weighted by molar-refractivity contribution is 5.79. The van der Waals surface area contributed by atoms with Crippen LogP contribution in [0.5, 0.6) is 17.5 Å². The average Bonchev–Trinajstić information content (AvgIpc) is 3.11. The van der Waals surface area contributed by atoms with E-state index in [1.54, 1.807) is 32.7 Å². The lowest BCUT2D eigenvalue weighted by Crippen LogP contribution is -2.32. The predicted molar refractivity (Wildman–Crippen MR) is 90.9 cm³/mol. The Morgan fingerprint density at radius 1 is 1.20 bits per heavy atom. The summed E-state index contributed by atoms with van der Waals surface area (Å²) in [6.07, 6.45) is 4.29. The van der Waals surface area contributed by atoms with Crippen LogP contribution in [-0.4, -0.2) is 54.2 Å². The molecule has 3 rings (SSSR count). The van der Waals surface area contributed by atoms with Crippen molar-refractivity contribution in [3.05, 3.63) is 42.2 Å². The number of hydrogen-bond acceptors (Lipinski definition) is 6. The highest BCUT2D eigenvalue weighted by Gasteiger charge is 2.28. The van der Waals surface area contributed by atoms with Crippen LogP contribution in [0, 0.1) is 0 Å². The third kappa shape index (κ3) is 4.17. The number of ether oxygens (including phenoxy) is 3. The first kappa shape index (κ1) is 17.0. The van der Waals surface area contributed by atoms with Gasteiger partial charge in [-0.1, -0.05) is 6.07 Å². The molecule has 25 heavy (non-hydrogen) atoms. The van der Waals surface area contributed by atoms with Gasteiger partial charge < -0.3 is 19.1 Å². The van der Waals surface area contributed by atoms with Crippen molar-refractivity contribution < 1.29 is 19.0 Å². The highest BCUT2D eigenvalue weighted by atomic mass is 16.5. The zero-order valence-corrected chi connectivity index (χ0v) is 14.3. The Morgan fingerprint density at radius 3 is 2.68 bits per heavy atom. The van der Waals surface area contributed by atoms with Crippen LogP contribution >= 0.6 is 0 Å². The number of aromatic nitrogens is 2. The molecule has 0 bridgehead atoms. The van der Waals surface area contributed by atoms with Gasteiger partial charge in [0, 0.05) is 25.4 Å². The first-order valence-corrected chi connectivity index (χ1v) is 8.12. The van der Waals surface area contributed by atoms with E-state index in [1.807, 2.05) is 23.1 Å². The molecule has 0 aliphatic carbocycles. The minimum Gasteiger partial charge on any atom is -0.493 e. The smallest absolute Gasteiger partial charge is 0.316 e. The molecule has 0 saturated carbocycles. The van der Waals surface area contributed by atoms with Gasteiger partial charge in [0.25, 0.3) is 0 Å². The maximum Gasteiger partial charge on any atom is 0.316 e. The largest absolute Gasteiger partial charge is 0.493 e. The van der Waals surface area contributed by atoms with E-state index in [4.69, 9.17) is 14.2 Å². The average molecular weight is 343 g/mol. The molecule has 1 amide bonds. The molecule has 1 aromatic heterocycles. The molecule has 0 radical (unpaired) electrons. The minimum absolute atomic E-state index is 0.0623. The molecule has 2 heterocycles. The van der Waals surface area contributed by atoms with E-state index < -0.39 is 0 Å². The maximum absolute atomic E-state index is 12.5. The Morgan fingerprint density at radius 2 is 1.96 bits per heavy atom. The summed E-state index contributed by atoms with van der Waals surface area (Å²) in [7, 11) is 3.17. The van der Waals surface area contributed by atoms with Gasteiger partial charge in [0.1, 0.15) is 6.10 Å². The molecule has 1 saturated heterocycles. The monoisotopic (exact) mass is 343 g/mol. The Hall–Kier alpha value is -2.83. The highest BCUT2D eigenvalue weighted by Crippen LogP contribution is 2.28. The summed E-state index contributed by atoms with van der Waals surface area (Å²) in [5.41, 5.74) is 0.887. The van der Waals surface area contributed by atoms with E-state index in [0.717, 1.165) is 12.0 Å². The number of carbonyl (C=O) groups is 1. The second-order valence-corrected chi connectivity index (χ2v) is 5.77.